The number of amides is 2. The van der Waals surface area contributed by atoms with Gasteiger partial charge in [0.15, 0.2) is 6.29 Å². The molecule has 62 heavy (non-hydrogen) atoms. The van der Waals surface area contributed by atoms with Gasteiger partial charge in [0.05, 0.1) is 6.04 Å². The number of benzene rings is 4. The van der Waals surface area contributed by atoms with E-state index < -0.39 is 23.8 Å². The first-order valence-electron chi connectivity index (χ1n) is 22.4. The summed E-state index contributed by atoms with van der Waals surface area (Å²) in [5.41, 5.74) is 8.76. The zero-order valence-corrected chi connectivity index (χ0v) is 36.1. The number of alkyl halides is 1. The fourth-order valence-corrected chi connectivity index (χ4v) is 11.0. The van der Waals surface area contributed by atoms with E-state index in [1.807, 2.05) is 6.07 Å². The smallest absolute Gasteiger partial charge is 0.243 e. The summed E-state index contributed by atoms with van der Waals surface area (Å²) in [5.74, 6) is 0.852. The quantitative estimate of drug-likeness (QED) is 0.0440. The van der Waals surface area contributed by atoms with Gasteiger partial charge >= 0.3 is 0 Å². The van der Waals surface area contributed by atoms with Crippen molar-refractivity contribution in [2.45, 2.75) is 75.7 Å². The van der Waals surface area contributed by atoms with Gasteiger partial charge in [-0.05, 0) is 121 Å². The average molecular weight is 854 g/mol. The molecule has 2 amide bonds. The number of ketones is 1. The van der Waals surface area contributed by atoms with E-state index in [2.05, 4.69) is 117 Å². The van der Waals surface area contributed by atoms with Crippen LogP contribution in [0, 0.1) is 5.92 Å². The fraction of sp³-hybridized carbons (Fsp3) is 0.412. The molecular formula is C51H56ClN5O5. The number of imide groups is 1. The van der Waals surface area contributed by atoms with Crippen LogP contribution in [-0.2, 0) is 25.7 Å². The maximum Gasteiger partial charge on any atom is 0.243 e. The van der Waals surface area contributed by atoms with E-state index in [4.69, 9.17) is 16.3 Å². The Morgan fingerprint density at radius 2 is 1.48 bits per heavy atom. The third-order valence-electron chi connectivity index (χ3n) is 13.9. The molecule has 10 nitrogen and oxygen atoms in total. The Kier molecular flexibility index (Phi) is 13.0. The molecule has 2 bridgehead atoms. The van der Waals surface area contributed by atoms with Crippen LogP contribution in [0.3, 0.4) is 0 Å². The van der Waals surface area contributed by atoms with E-state index in [0.29, 0.717) is 49.7 Å². The van der Waals surface area contributed by atoms with Crippen LogP contribution in [0.5, 0.6) is 5.75 Å². The molecule has 5 aliphatic heterocycles. The minimum atomic E-state index is -0.814. The molecule has 11 heteroatoms. The Balaban J connectivity index is 0.766. The van der Waals surface area contributed by atoms with Crippen molar-refractivity contribution in [1.29, 1.82) is 0 Å². The molecule has 5 aliphatic rings. The van der Waals surface area contributed by atoms with Crippen molar-refractivity contribution in [3.05, 3.63) is 131 Å². The minimum Gasteiger partial charge on any atom is -0.492 e. The van der Waals surface area contributed by atoms with E-state index in [9.17, 15) is 19.2 Å². The second-order valence-corrected chi connectivity index (χ2v) is 18.0. The van der Waals surface area contributed by atoms with Gasteiger partial charge < -0.3 is 9.64 Å². The van der Waals surface area contributed by atoms with Gasteiger partial charge in [-0.15, -0.1) is 11.6 Å². The van der Waals surface area contributed by atoms with E-state index >= 15 is 0 Å². The lowest BCUT2D eigenvalue weighted by Gasteiger charge is -2.44. The maximum atomic E-state index is 13.1. The summed E-state index contributed by atoms with van der Waals surface area (Å²) in [4.78, 5) is 59.1. The molecule has 5 heterocycles. The highest BCUT2D eigenvalue weighted by Gasteiger charge is 2.45. The summed E-state index contributed by atoms with van der Waals surface area (Å²) in [6, 6.07) is 35.4. The lowest BCUT2D eigenvalue weighted by atomic mass is 9.88. The van der Waals surface area contributed by atoms with Crippen LogP contribution in [0.4, 0.5) is 5.69 Å². The number of piperazine rings is 1. The molecule has 4 fully saturated rings. The number of hydrogen-bond acceptors (Lipinski definition) is 9. The largest absolute Gasteiger partial charge is 0.492 e. The topological polar surface area (TPSA) is 102 Å². The molecule has 0 saturated carbocycles. The SMILES string of the molecule is O=CC(=O)C1c2cc(N3CC4CCC(C3)N4CC3CCN(CCOc4ccc(C(=C(CCCl)c5ccccc5)c5ccccc5)cc4)CC3)ccc2CN1C1CCC(=O)NC1=O. The Bertz CT molecular complexity index is 2260. The van der Waals surface area contributed by atoms with E-state index in [1.54, 1.807) is 4.90 Å². The van der Waals surface area contributed by atoms with E-state index in [1.165, 1.54) is 48.0 Å². The predicted octanol–water partition coefficient (Wildman–Crippen LogP) is 7.15. The summed E-state index contributed by atoms with van der Waals surface area (Å²) in [7, 11) is 0. The van der Waals surface area contributed by atoms with Crippen LogP contribution in [-0.4, -0.2) is 108 Å². The number of ether oxygens (including phenoxy) is 1. The number of carbonyl (C=O) groups is 4. The molecule has 4 atom stereocenters. The van der Waals surface area contributed by atoms with Gasteiger partial charge in [-0.1, -0.05) is 78.9 Å². The highest BCUT2D eigenvalue weighted by molar-refractivity contribution is 6.27. The highest BCUT2D eigenvalue weighted by atomic mass is 35.5. The van der Waals surface area contributed by atoms with Gasteiger partial charge in [-0.3, -0.25) is 39.2 Å². The molecule has 9 rings (SSSR count). The number of nitrogens with one attached hydrogen (secondary N) is 1. The van der Waals surface area contributed by atoms with Crippen molar-refractivity contribution >= 4 is 52.3 Å². The zero-order valence-electron chi connectivity index (χ0n) is 35.3. The molecule has 1 N–H and O–H groups in total. The van der Waals surface area contributed by atoms with Crippen molar-refractivity contribution < 1.29 is 23.9 Å². The summed E-state index contributed by atoms with van der Waals surface area (Å²) >= 11 is 6.36. The van der Waals surface area contributed by atoms with Gasteiger partial charge in [0.25, 0.3) is 0 Å². The van der Waals surface area contributed by atoms with E-state index in [0.717, 1.165) is 73.8 Å². The Labute approximate surface area is 369 Å². The number of piperidine rings is 2. The number of fused-ring (bicyclic) bond motifs is 3. The zero-order chi connectivity index (χ0) is 42.6. The molecule has 4 unspecified atom stereocenters. The Hall–Kier alpha value is -5.13. The second-order valence-electron chi connectivity index (χ2n) is 17.6. The number of rotatable bonds is 15. The predicted molar refractivity (Wildman–Crippen MR) is 243 cm³/mol. The first-order valence-corrected chi connectivity index (χ1v) is 23.0. The molecule has 0 aliphatic carbocycles. The third kappa shape index (κ3) is 9.02. The molecule has 4 aromatic rings. The lowest BCUT2D eigenvalue weighted by molar-refractivity contribution is -0.141. The summed E-state index contributed by atoms with van der Waals surface area (Å²) in [6.45, 7) is 7.13. The van der Waals surface area contributed by atoms with Gasteiger partial charge in [-0.2, -0.15) is 0 Å². The van der Waals surface area contributed by atoms with Crippen LogP contribution in [0.15, 0.2) is 103 Å². The summed E-state index contributed by atoms with van der Waals surface area (Å²) in [5, 5.41) is 2.41. The van der Waals surface area contributed by atoms with Gasteiger partial charge in [0.1, 0.15) is 18.4 Å². The minimum absolute atomic E-state index is 0.219. The van der Waals surface area contributed by atoms with Crippen molar-refractivity contribution in [2.75, 3.05) is 56.7 Å². The monoisotopic (exact) mass is 853 g/mol. The number of Topliss-reactive ketones (excluding diaryl/α,β-unsaturated/α-hetero) is 1. The van der Waals surface area contributed by atoms with Crippen LogP contribution >= 0.6 is 11.6 Å². The van der Waals surface area contributed by atoms with Crippen molar-refractivity contribution in [3.8, 4) is 5.75 Å². The van der Waals surface area contributed by atoms with Crippen LogP contribution in [0.25, 0.3) is 11.1 Å². The lowest BCUT2D eigenvalue weighted by Crippen LogP contribution is -2.55. The normalized spacial score (nSPS) is 23.8. The Morgan fingerprint density at radius 1 is 0.806 bits per heavy atom. The summed E-state index contributed by atoms with van der Waals surface area (Å²) in [6.07, 6.45) is 6.45. The molecule has 0 aromatic heterocycles. The first kappa shape index (κ1) is 42.2. The number of carbonyl (C=O) groups excluding carboxylic acids is 4. The van der Waals surface area contributed by atoms with Crippen LogP contribution in [0.1, 0.15) is 78.8 Å². The second kappa shape index (κ2) is 19.1. The molecular weight excluding hydrogens is 798 g/mol. The van der Waals surface area contributed by atoms with Crippen LogP contribution < -0.4 is 15.0 Å². The van der Waals surface area contributed by atoms with Crippen molar-refractivity contribution in [2.24, 2.45) is 5.92 Å². The van der Waals surface area contributed by atoms with Gasteiger partial charge in [0.2, 0.25) is 17.6 Å². The van der Waals surface area contributed by atoms with Crippen LogP contribution in [0.2, 0.25) is 0 Å². The number of halogens is 1. The molecule has 0 spiro atoms. The molecule has 322 valence electrons. The molecule has 4 saturated heterocycles. The molecule has 0 radical (unpaired) electrons. The van der Waals surface area contributed by atoms with Crippen molar-refractivity contribution in [3.63, 3.8) is 0 Å². The average Bonchev–Trinajstić information content (AvgIpc) is 3.78. The highest BCUT2D eigenvalue weighted by Crippen LogP contribution is 2.41. The fourth-order valence-electron chi connectivity index (χ4n) is 10.8. The number of hydrogen-bond donors (Lipinski definition) is 1. The number of likely N-dealkylation sites (tertiary alicyclic amines) is 1. The number of aldehydes is 1. The Morgan fingerprint density at radius 3 is 2.15 bits per heavy atom. The third-order valence-corrected chi connectivity index (χ3v) is 14.1. The summed E-state index contributed by atoms with van der Waals surface area (Å²) < 4.78 is 6.31. The van der Waals surface area contributed by atoms with Gasteiger partial charge in [-0.25, -0.2) is 0 Å². The number of allylic oxidation sites excluding steroid dienone is 1. The van der Waals surface area contributed by atoms with Gasteiger partial charge in [0, 0.05) is 62.8 Å². The number of nitrogens with zero attached hydrogens (tertiary/aromatic N) is 4. The number of anilines is 1. The van der Waals surface area contributed by atoms with E-state index in [-0.39, 0.29) is 12.3 Å². The molecule has 4 aromatic carbocycles. The first-order chi connectivity index (χ1) is 30.4. The van der Waals surface area contributed by atoms with Crippen molar-refractivity contribution in [1.82, 2.24) is 20.0 Å². The standard InChI is InChI=1S/C51H56ClN5O5/c52-24-21-44(36-7-3-1-4-8-36)49(37-9-5-2-6-10-37)38-12-17-43(18-13-38)62-28-27-54-25-22-35(23-26-54)30-56-41-15-16-42(56)33-55(32-41)40-14-11-39-31-57(46-19-20-48(60)53-51(46)61)50(45(39)29-40)47(59)34-58/h1-14,17-18,29,34-35,41-42,46,50H,15-16,19-28,30-33H2,(H,53,60,61). The maximum absolute atomic E-state index is 13.1.